The zero-order valence-corrected chi connectivity index (χ0v) is 26.5. The summed E-state index contributed by atoms with van der Waals surface area (Å²) in [6, 6.07) is 8.55. The van der Waals surface area contributed by atoms with Crippen molar-refractivity contribution in [1.29, 1.82) is 0 Å². The van der Waals surface area contributed by atoms with E-state index in [-0.39, 0.29) is 28.0 Å². The Morgan fingerprint density at radius 2 is 1.95 bits per heavy atom. The van der Waals surface area contributed by atoms with E-state index in [4.69, 9.17) is 35.5 Å². The van der Waals surface area contributed by atoms with Gasteiger partial charge in [-0.2, -0.15) is 5.10 Å². The fourth-order valence-electron chi connectivity index (χ4n) is 5.46. The van der Waals surface area contributed by atoms with Gasteiger partial charge in [-0.1, -0.05) is 29.3 Å². The molecule has 230 valence electrons. The number of methoxy groups -OCH3 is 1. The fraction of sp³-hybridized carbons (Fsp3) is 0.367. The van der Waals surface area contributed by atoms with Crippen LogP contribution in [-0.4, -0.2) is 66.6 Å². The number of aromatic amines is 1. The summed E-state index contributed by atoms with van der Waals surface area (Å²) in [5.41, 5.74) is 2.82. The summed E-state index contributed by atoms with van der Waals surface area (Å²) >= 11 is 8.46. The number of pyridine rings is 1. The van der Waals surface area contributed by atoms with Crippen molar-refractivity contribution in [3.8, 4) is 21.7 Å². The Labute approximate surface area is 263 Å². The number of H-pyrrole nitrogens is 1. The summed E-state index contributed by atoms with van der Waals surface area (Å²) < 4.78 is 52.0. The van der Waals surface area contributed by atoms with E-state index in [2.05, 4.69) is 15.1 Å². The molecular formula is C30H30ClN5O6S2. The van der Waals surface area contributed by atoms with E-state index in [9.17, 15) is 8.42 Å². The van der Waals surface area contributed by atoms with Crippen LogP contribution in [-0.2, 0) is 40.9 Å². The number of halogens is 1. The van der Waals surface area contributed by atoms with Crippen LogP contribution < -0.4 is 0 Å². The van der Waals surface area contributed by atoms with Crippen LogP contribution in [0.15, 0.2) is 58.8 Å². The second kappa shape index (κ2) is 11.6. The molecule has 1 aliphatic carbocycles. The minimum Gasteiger partial charge on any atom is -0.359 e. The molecule has 0 atom stereocenters. The molecule has 2 aliphatic rings. The van der Waals surface area contributed by atoms with Crippen molar-refractivity contribution < 1.29 is 27.4 Å². The van der Waals surface area contributed by atoms with Gasteiger partial charge in [-0.25, -0.2) is 18.4 Å². The second-order valence-corrected chi connectivity index (χ2v) is 14.2. The second-order valence-electron chi connectivity index (χ2n) is 10.9. The average molecular weight is 656 g/mol. The normalized spacial score (nSPS) is 17.0. The first-order valence-electron chi connectivity index (χ1n) is 14.2. The Hall–Kier alpha value is -3.17. The van der Waals surface area contributed by atoms with Crippen molar-refractivity contribution >= 4 is 43.8 Å². The van der Waals surface area contributed by atoms with Gasteiger partial charge in [-0.05, 0) is 44.4 Å². The maximum Gasteiger partial charge on any atom is 0.225 e. The summed E-state index contributed by atoms with van der Waals surface area (Å²) in [7, 11) is -2.47. The van der Waals surface area contributed by atoms with E-state index in [0.717, 1.165) is 35.4 Å². The van der Waals surface area contributed by atoms with Crippen LogP contribution in [0.3, 0.4) is 0 Å². The molecule has 11 nitrogen and oxygen atoms in total. The summed E-state index contributed by atoms with van der Waals surface area (Å²) in [5, 5.41) is 5.73. The Morgan fingerprint density at radius 3 is 2.66 bits per heavy atom. The lowest BCUT2D eigenvalue weighted by Gasteiger charge is -2.39. The lowest BCUT2D eigenvalue weighted by Crippen LogP contribution is -2.37. The standard InChI is InChI=1S/C30H30ClN5O6S2/c1-18-4-6-20(7-5-18)44(37,38)28-26(31)25(23-14-32-29(43-23)30(8-3-9-30)42-17-39-2)21-12-22(34-27(21)35-28)19-13-33-36(15-19)16-24-40-10-11-41-24/h4-7,12-15,24H,3,8-11,16-17H2,1-2H3,(H,34,35). The van der Waals surface area contributed by atoms with Gasteiger partial charge in [0.2, 0.25) is 9.84 Å². The SMILES string of the molecule is COCOC1(c2ncc(-c3c(Cl)c(S(=O)(=O)c4ccc(C)cc4)nc4[nH]c(-c5cnn(CC6OCCO6)c5)cc34)s2)CCC1. The number of hydrogen-bond acceptors (Lipinski definition) is 10. The van der Waals surface area contributed by atoms with Gasteiger partial charge in [0, 0.05) is 36.0 Å². The highest BCUT2D eigenvalue weighted by Crippen LogP contribution is 2.49. The molecule has 1 saturated heterocycles. The molecule has 0 unspecified atom stereocenters. The molecule has 7 rings (SSSR count). The number of sulfone groups is 1. The molecule has 1 saturated carbocycles. The Kier molecular flexibility index (Phi) is 7.81. The summed E-state index contributed by atoms with van der Waals surface area (Å²) in [6.07, 6.45) is 7.65. The van der Waals surface area contributed by atoms with Crippen molar-refractivity contribution in [1.82, 2.24) is 24.7 Å². The molecule has 0 bridgehead atoms. The number of thiazole rings is 1. The van der Waals surface area contributed by atoms with Crippen LogP contribution in [0.2, 0.25) is 5.02 Å². The molecule has 2 fully saturated rings. The van der Waals surface area contributed by atoms with Crippen molar-refractivity contribution in [2.45, 2.75) is 54.5 Å². The highest BCUT2D eigenvalue weighted by molar-refractivity contribution is 7.91. The zero-order chi connectivity index (χ0) is 30.5. The van der Waals surface area contributed by atoms with Gasteiger partial charge >= 0.3 is 0 Å². The summed E-state index contributed by atoms with van der Waals surface area (Å²) in [6.45, 7) is 3.62. The van der Waals surface area contributed by atoms with Gasteiger partial charge in [0.1, 0.15) is 23.0 Å². The smallest absolute Gasteiger partial charge is 0.225 e. The first kappa shape index (κ1) is 29.5. The lowest BCUT2D eigenvalue weighted by molar-refractivity contribution is -0.171. The number of rotatable bonds is 10. The molecule has 14 heteroatoms. The van der Waals surface area contributed by atoms with Crippen LogP contribution in [0.25, 0.3) is 32.7 Å². The molecule has 4 aromatic heterocycles. The van der Waals surface area contributed by atoms with Crippen molar-refractivity contribution in [2.24, 2.45) is 0 Å². The number of nitrogens with zero attached hydrogens (tertiary/aromatic N) is 4. The third-order valence-corrected chi connectivity index (χ3v) is 11.4. The number of aryl methyl sites for hydroxylation is 1. The van der Waals surface area contributed by atoms with E-state index in [1.807, 2.05) is 19.2 Å². The van der Waals surface area contributed by atoms with E-state index in [0.29, 0.717) is 46.9 Å². The van der Waals surface area contributed by atoms with Gasteiger partial charge in [0.25, 0.3) is 0 Å². The maximum absolute atomic E-state index is 13.9. The summed E-state index contributed by atoms with van der Waals surface area (Å²) in [5.74, 6) is 0. The van der Waals surface area contributed by atoms with Gasteiger partial charge in [0.15, 0.2) is 11.3 Å². The van der Waals surface area contributed by atoms with Crippen LogP contribution in [0.4, 0.5) is 0 Å². The molecule has 5 heterocycles. The maximum atomic E-state index is 13.9. The average Bonchev–Trinajstić information content (AvgIpc) is 3.80. The molecule has 0 amide bonds. The number of hydrogen-bond donors (Lipinski definition) is 1. The number of fused-ring (bicyclic) bond motifs is 1. The molecule has 44 heavy (non-hydrogen) atoms. The fourth-order valence-corrected chi connectivity index (χ4v) is 8.52. The van der Waals surface area contributed by atoms with Crippen LogP contribution in [0.5, 0.6) is 0 Å². The molecule has 1 aromatic carbocycles. The minimum atomic E-state index is -4.06. The van der Waals surface area contributed by atoms with E-state index >= 15 is 0 Å². The molecule has 1 aliphatic heterocycles. The Balaban J connectivity index is 1.35. The highest BCUT2D eigenvalue weighted by atomic mass is 35.5. The lowest BCUT2D eigenvalue weighted by atomic mass is 9.80. The largest absolute Gasteiger partial charge is 0.359 e. The number of ether oxygens (including phenoxy) is 4. The third kappa shape index (κ3) is 5.26. The van der Waals surface area contributed by atoms with Crippen molar-refractivity contribution in [2.75, 3.05) is 27.1 Å². The third-order valence-electron chi connectivity index (χ3n) is 8.00. The Bertz CT molecular complexity index is 1920. The van der Waals surface area contributed by atoms with E-state index in [1.54, 1.807) is 48.5 Å². The van der Waals surface area contributed by atoms with Crippen LogP contribution in [0, 0.1) is 6.92 Å². The van der Waals surface area contributed by atoms with Crippen LogP contribution >= 0.6 is 22.9 Å². The quantitative estimate of drug-likeness (QED) is 0.188. The number of benzene rings is 1. The minimum absolute atomic E-state index is 0.0329. The molecule has 1 N–H and O–H groups in total. The van der Waals surface area contributed by atoms with E-state index < -0.39 is 15.4 Å². The first-order valence-corrected chi connectivity index (χ1v) is 16.8. The van der Waals surface area contributed by atoms with Gasteiger partial charge in [0.05, 0.1) is 46.4 Å². The molecule has 0 spiro atoms. The first-order chi connectivity index (χ1) is 21.3. The molecular weight excluding hydrogens is 626 g/mol. The predicted octanol–water partition coefficient (Wildman–Crippen LogP) is 5.72. The van der Waals surface area contributed by atoms with Crippen LogP contribution in [0.1, 0.15) is 29.8 Å². The van der Waals surface area contributed by atoms with Gasteiger partial charge < -0.3 is 23.9 Å². The van der Waals surface area contributed by atoms with Crippen molar-refractivity contribution in [3.63, 3.8) is 0 Å². The molecule has 0 radical (unpaired) electrons. The predicted molar refractivity (Wildman–Crippen MR) is 164 cm³/mol. The van der Waals surface area contributed by atoms with Gasteiger partial charge in [-0.3, -0.25) is 4.68 Å². The Morgan fingerprint density at radius 1 is 1.18 bits per heavy atom. The number of nitrogens with one attached hydrogen (secondary N) is 1. The number of aromatic nitrogens is 5. The monoisotopic (exact) mass is 655 g/mol. The highest BCUT2D eigenvalue weighted by Gasteiger charge is 2.43. The van der Waals surface area contributed by atoms with Crippen molar-refractivity contribution in [3.05, 3.63) is 64.5 Å². The summed E-state index contributed by atoms with van der Waals surface area (Å²) in [4.78, 5) is 13.4. The zero-order valence-electron chi connectivity index (χ0n) is 24.1. The van der Waals surface area contributed by atoms with E-state index in [1.165, 1.54) is 11.3 Å². The van der Waals surface area contributed by atoms with Gasteiger partial charge in [-0.15, -0.1) is 11.3 Å². The molecule has 5 aromatic rings. The topological polar surface area (TPSA) is 130 Å².